The molecular weight excluding hydrogens is 246 g/mol. The Bertz CT molecular complexity index is 562. The molecule has 0 radical (unpaired) electrons. The molecule has 0 atom stereocenters. The third-order valence-electron chi connectivity index (χ3n) is 2.16. The van der Waals surface area contributed by atoms with Crippen LogP contribution in [0.4, 0.5) is 0 Å². The highest BCUT2D eigenvalue weighted by molar-refractivity contribution is 6.05. The zero-order chi connectivity index (χ0) is 14.3. The second-order valence-electron chi connectivity index (χ2n) is 3.38. The fraction of sp³-hybridized carbons (Fsp3) is 0.0769. The number of amides is 1. The second kappa shape index (κ2) is 6.85. The number of carboxylic acids is 1. The molecule has 1 amide bonds. The van der Waals surface area contributed by atoms with Crippen LogP contribution in [0.5, 0.6) is 0 Å². The lowest BCUT2D eigenvalue weighted by Gasteiger charge is -2.06. The predicted molar refractivity (Wildman–Crippen MR) is 72.7 cm³/mol. The van der Waals surface area contributed by atoms with Gasteiger partial charge in [-0.05, 0) is 25.8 Å². The van der Waals surface area contributed by atoms with Gasteiger partial charge in [0.15, 0.2) is 5.82 Å². The summed E-state index contributed by atoms with van der Waals surface area (Å²) in [7, 11) is 0. The van der Waals surface area contributed by atoms with Gasteiger partial charge < -0.3 is 10.4 Å². The zero-order valence-electron chi connectivity index (χ0n) is 10.3. The molecule has 1 rings (SSSR count). The van der Waals surface area contributed by atoms with Crippen molar-refractivity contribution in [3.63, 3.8) is 0 Å². The van der Waals surface area contributed by atoms with Crippen LogP contribution in [0.3, 0.4) is 0 Å². The number of carbonyl (C=O) groups is 2. The fourth-order valence-corrected chi connectivity index (χ4v) is 1.31. The maximum atomic E-state index is 11.9. The topological polar surface area (TPSA) is 91.1 Å². The molecule has 0 aliphatic rings. The highest BCUT2D eigenvalue weighted by atomic mass is 16.4. The summed E-state index contributed by atoms with van der Waals surface area (Å²) in [6.45, 7) is 5.00. The van der Waals surface area contributed by atoms with Crippen molar-refractivity contribution in [2.75, 3.05) is 0 Å². The van der Waals surface area contributed by atoms with E-state index in [1.54, 1.807) is 19.1 Å². The fourth-order valence-electron chi connectivity index (χ4n) is 1.31. The Balaban J connectivity index is 3.01. The lowest BCUT2D eigenvalue weighted by molar-refractivity contribution is 0.0691. The first-order chi connectivity index (χ1) is 9.10. The number of hydrogen-bond acceptors (Lipinski definition) is 4. The Labute approximate surface area is 110 Å². The molecule has 19 heavy (non-hydrogen) atoms. The molecule has 0 saturated heterocycles. The van der Waals surface area contributed by atoms with E-state index in [9.17, 15) is 9.59 Å². The number of carbonyl (C=O) groups excluding carboxylic acids is 1. The monoisotopic (exact) mass is 259 g/mol. The molecule has 0 aromatic heterocycles. The molecule has 2 N–H and O–H groups in total. The molecule has 0 unspecified atom stereocenters. The maximum Gasteiger partial charge on any atom is 0.336 e. The van der Waals surface area contributed by atoms with Gasteiger partial charge in [0.05, 0.1) is 17.3 Å². The average Bonchev–Trinajstić information content (AvgIpc) is 2.43. The van der Waals surface area contributed by atoms with E-state index in [1.165, 1.54) is 24.5 Å². The van der Waals surface area contributed by atoms with Gasteiger partial charge in [0.25, 0.3) is 5.91 Å². The quantitative estimate of drug-likeness (QED) is 0.788. The van der Waals surface area contributed by atoms with Crippen LogP contribution in [-0.4, -0.2) is 29.9 Å². The molecule has 0 spiro atoms. The van der Waals surface area contributed by atoms with Gasteiger partial charge >= 0.3 is 5.97 Å². The Morgan fingerprint density at radius 1 is 1.32 bits per heavy atom. The van der Waals surface area contributed by atoms with Gasteiger partial charge in [-0.2, -0.15) is 0 Å². The Morgan fingerprint density at radius 3 is 2.47 bits per heavy atom. The molecule has 1 aromatic carbocycles. The average molecular weight is 259 g/mol. The minimum absolute atomic E-state index is 0.0463. The smallest absolute Gasteiger partial charge is 0.336 e. The third kappa shape index (κ3) is 3.88. The first-order valence-corrected chi connectivity index (χ1v) is 5.38. The summed E-state index contributed by atoms with van der Waals surface area (Å²) in [6.07, 6.45) is 2.83. The van der Waals surface area contributed by atoms with Crippen LogP contribution < -0.4 is 5.32 Å². The van der Waals surface area contributed by atoms with Gasteiger partial charge in [0.1, 0.15) is 0 Å². The summed E-state index contributed by atoms with van der Waals surface area (Å²) in [4.78, 5) is 30.3. The van der Waals surface area contributed by atoms with Crippen molar-refractivity contribution < 1.29 is 14.7 Å². The molecule has 0 heterocycles. The van der Waals surface area contributed by atoms with Gasteiger partial charge in [-0.3, -0.25) is 9.79 Å². The van der Waals surface area contributed by atoms with Gasteiger partial charge in [0.2, 0.25) is 0 Å². The number of nitrogens with one attached hydrogen (secondary N) is 1. The predicted octanol–water partition coefficient (Wildman–Crippen LogP) is 1.70. The summed E-state index contributed by atoms with van der Waals surface area (Å²) >= 11 is 0. The standard InChI is InChI=1S/C13H13N3O3/c1-3-15-8-11(14-2)16-12(17)9-6-4-5-7-10(9)13(18)19/h3-8H,2H2,1H3,(H,16,17)(H,18,19)/b11-8+,15-3?. The SMILES string of the molecule is C=N/C(=C\N=CC)NC(=O)c1ccccc1C(=O)O. The molecule has 6 nitrogen and oxygen atoms in total. The van der Waals surface area contributed by atoms with Crippen molar-refractivity contribution >= 4 is 24.8 Å². The second-order valence-corrected chi connectivity index (χ2v) is 3.38. The molecular formula is C13H13N3O3. The van der Waals surface area contributed by atoms with Crippen LogP contribution in [-0.2, 0) is 0 Å². The van der Waals surface area contributed by atoms with Crippen LogP contribution in [0, 0.1) is 0 Å². The maximum absolute atomic E-state index is 11.9. The van der Waals surface area contributed by atoms with Gasteiger partial charge in [0, 0.05) is 6.21 Å². The molecule has 0 bridgehead atoms. The van der Waals surface area contributed by atoms with E-state index in [2.05, 4.69) is 22.0 Å². The number of aliphatic imine (C=N–C) groups is 2. The van der Waals surface area contributed by atoms with Crippen LogP contribution in [0.25, 0.3) is 0 Å². The first kappa shape index (κ1) is 14.3. The molecule has 98 valence electrons. The number of nitrogens with zero attached hydrogens (tertiary/aromatic N) is 2. The highest BCUT2D eigenvalue weighted by Gasteiger charge is 2.16. The van der Waals surface area contributed by atoms with Crippen LogP contribution >= 0.6 is 0 Å². The highest BCUT2D eigenvalue weighted by Crippen LogP contribution is 2.09. The molecule has 0 aliphatic heterocycles. The molecule has 1 aromatic rings. The number of hydrogen-bond donors (Lipinski definition) is 2. The Morgan fingerprint density at radius 2 is 1.95 bits per heavy atom. The van der Waals surface area contributed by atoms with E-state index >= 15 is 0 Å². The first-order valence-electron chi connectivity index (χ1n) is 5.38. The van der Waals surface area contributed by atoms with Crippen molar-refractivity contribution in [2.45, 2.75) is 6.92 Å². The van der Waals surface area contributed by atoms with Crippen molar-refractivity contribution in [2.24, 2.45) is 9.98 Å². The Hall–Kier alpha value is -2.76. The van der Waals surface area contributed by atoms with E-state index in [0.717, 1.165) is 0 Å². The number of carboxylic acid groups (broad SMARTS) is 1. The number of benzene rings is 1. The van der Waals surface area contributed by atoms with E-state index < -0.39 is 11.9 Å². The normalized spacial score (nSPS) is 11.3. The van der Waals surface area contributed by atoms with Crippen LogP contribution in [0.2, 0.25) is 0 Å². The summed E-state index contributed by atoms with van der Waals surface area (Å²) in [5.41, 5.74) is -0.0348. The molecule has 0 saturated carbocycles. The van der Waals surface area contributed by atoms with E-state index in [0.29, 0.717) is 0 Å². The van der Waals surface area contributed by atoms with Crippen molar-refractivity contribution in [3.05, 3.63) is 47.4 Å². The lowest BCUT2D eigenvalue weighted by atomic mass is 10.1. The Kier molecular flexibility index (Phi) is 5.16. The van der Waals surface area contributed by atoms with Crippen molar-refractivity contribution in [1.82, 2.24) is 5.32 Å². The summed E-state index contributed by atoms with van der Waals surface area (Å²) in [5, 5.41) is 11.4. The van der Waals surface area contributed by atoms with Crippen molar-refractivity contribution in [1.29, 1.82) is 0 Å². The zero-order valence-corrected chi connectivity index (χ0v) is 10.3. The number of rotatable bonds is 5. The molecule has 6 heteroatoms. The van der Waals surface area contributed by atoms with Gasteiger partial charge in [-0.25, -0.2) is 9.79 Å². The van der Waals surface area contributed by atoms with Crippen molar-refractivity contribution in [3.8, 4) is 0 Å². The van der Waals surface area contributed by atoms with E-state index in [-0.39, 0.29) is 16.9 Å². The molecule has 0 fully saturated rings. The van der Waals surface area contributed by atoms with Crippen LogP contribution in [0.1, 0.15) is 27.6 Å². The third-order valence-corrected chi connectivity index (χ3v) is 2.16. The lowest BCUT2D eigenvalue weighted by Crippen LogP contribution is -2.24. The minimum atomic E-state index is -1.17. The van der Waals surface area contributed by atoms with E-state index in [4.69, 9.17) is 5.11 Å². The van der Waals surface area contributed by atoms with Crippen LogP contribution in [0.15, 0.2) is 46.3 Å². The minimum Gasteiger partial charge on any atom is -0.478 e. The largest absolute Gasteiger partial charge is 0.478 e. The van der Waals surface area contributed by atoms with Gasteiger partial charge in [-0.1, -0.05) is 12.1 Å². The molecule has 0 aliphatic carbocycles. The summed E-state index contributed by atoms with van der Waals surface area (Å²) in [6, 6.07) is 5.90. The summed E-state index contributed by atoms with van der Waals surface area (Å²) < 4.78 is 0. The van der Waals surface area contributed by atoms with E-state index in [1.807, 2.05) is 0 Å². The number of aromatic carboxylic acids is 1. The summed E-state index contributed by atoms with van der Waals surface area (Å²) in [5.74, 6) is -1.61. The van der Waals surface area contributed by atoms with Gasteiger partial charge in [-0.15, -0.1) is 0 Å².